The van der Waals surface area contributed by atoms with E-state index in [4.69, 9.17) is 13.9 Å². The third kappa shape index (κ3) is 5.03. The fraction of sp³-hybridized carbons (Fsp3) is 0.353. The average molecular weight is 318 g/mol. The Morgan fingerprint density at radius 3 is 2.74 bits per heavy atom. The summed E-state index contributed by atoms with van der Waals surface area (Å²) in [6.45, 7) is 5.45. The number of benzene rings is 1. The van der Waals surface area contributed by atoms with Crippen molar-refractivity contribution >= 4 is 11.6 Å². The Kier molecular flexibility index (Phi) is 6.05. The Morgan fingerprint density at radius 2 is 2.09 bits per heavy atom. The molecule has 0 bridgehead atoms. The maximum atomic E-state index is 12.0. The number of hydrogen-bond donors (Lipinski definition) is 2. The predicted molar refractivity (Wildman–Crippen MR) is 88.3 cm³/mol. The van der Waals surface area contributed by atoms with Crippen LogP contribution in [-0.2, 0) is 0 Å². The molecule has 0 unspecified atom stereocenters. The Bertz CT molecular complexity index is 624. The van der Waals surface area contributed by atoms with Gasteiger partial charge in [-0.3, -0.25) is 4.79 Å². The molecule has 1 aromatic carbocycles. The van der Waals surface area contributed by atoms with Crippen molar-refractivity contribution in [2.45, 2.75) is 19.9 Å². The Hall–Kier alpha value is -2.47. The molecule has 2 aromatic rings. The number of methoxy groups -OCH3 is 1. The molecular formula is C17H22N2O4. The first-order valence-corrected chi connectivity index (χ1v) is 7.48. The first-order chi connectivity index (χ1) is 11.1. The van der Waals surface area contributed by atoms with E-state index >= 15 is 0 Å². The molecule has 0 fully saturated rings. The van der Waals surface area contributed by atoms with Gasteiger partial charge in [-0.05, 0) is 18.2 Å². The van der Waals surface area contributed by atoms with E-state index in [1.165, 1.54) is 12.5 Å². The molecule has 6 heteroatoms. The zero-order chi connectivity index (χ0) is 16.7. The summed E-state index contributed by atoms with van der Waals surface area (Å²) in [7, 11) is 1.57. The lowest BCUT2D eigenvalue weighted by Gasteiger charge is -2.13. The molecule has 0 radical (unpaired) electrons. The minimum absolute atomic E-state index is 0.240. The first-order valence-electron chi connectivity index (χ1n) is 7.48. The van der Waals surface area contributed by atoms with Crippen LogP contribution in [0.4, 0.5) is 5.69 Å². The summed E-state index contributed by atoms with van der Waals surface area (Å²) in [4.78, 5) is 12.0. The van der Waals surface area contributed by atoms with E-state index < -0.39 is 0 Å². The van der Waals surface area contributed by atoms with Gasteiger partial charge in [-0.25, -0.2) is 0 Å². The number of furan rings is 1. The van der Waals surface area contributed by atoms with E-state index in [-0.39, 0.29) is 5.91 Å². The van der Waals surface area contributed by atoms with Gasteiger partial charge in [0.2, 0.25) is 0 Å². The van der Waals surface area contributed by atoms with Crippen LogP contribution in [-0.4, -0.2) is 32.2 Å². The van der Waals surface area contributed by atoms with Crippen LogP contribution in [0.5, 0.6) is 11.5 Å². The second kappa shape index (κ2) is 8.24. The number of rotatable bonds is 8. The van der Waals surface area contributed by atoms with Gasteiger partial charge < -0.3 is 24.5 Å². The number of amides is 1. The van der Waals surface area contributed by atoms with Crippen LogP contribution in [0.15, 0.2) is 41.2 Å². The van der Waals surface area contributed by atoms with Crippen molar-refractivity contribution in [1.29, 1.82) is 0 Å². The van der Waals surface area contributed by atoms with Crippen molar-refractivity contribution in [2.24, 2.45) is 0 Å². The van der Waals surface area contributed by atoms with Crippen LogP contribution in [0.1, 0.15) is 24.2 Å². The molecule has 0 aliphatic rings. The van der Waals surface area contributed by atoms with Crippen LogP contribution in [0.25, 0.3) is 0 Å². The third-order valence-electron chi connectivity index (χ3n) is 3.12. The van der Waals surface area contributed by atoms with Gasteiger partial charge in [-0.15, -0.1) is 0 Å². The van der Waals surface area contributed by atoms with E-state index in [0.29, 0.717) is 35.4 Å². The van der Waals surface area contributed by atoms with Gasteiger partial charge in [0.15, 0.2) is 11.5 Å². The molecule has 2 rings (SSSR count). The van der Waals surface area contributed by atoms with Crippen molar-refractivity contribution in [3.05, 3.63) is 42.4 Å². The largest absolute Gasteiger partial charge is 0.493 e. The first kappa shape index (κ1) is 16.9. The number of carbonyl (C=O) groups is 1. The zero-order valence-electron chi connectivity index (χ0n) is 13.6. The molecule has 1 amide bonds. The molecule has 0 aliphatic heterocycles. The predicted octanol–water partition coefficient (Wildman–Crippen LogP) is 2.92. The zero-order valence-corrected chi connectivity index (χ0v) is 13.6. The van der Waals surface area contributed by atoms with Crippen molar-refractivity contribution in [2.75, 3.05) is 25.6 Å². The van der Waals surface area contributed by atoms with Gasteiger partial charge in [0.05, 0.1) is 18.9 Å². The van der Waals surface area contributed by atoms with Crippen molar-refractivity contribution < 1.29 is 18.7 Å². The van der Waals surface area contributed by atoms with Crippen LogP contribution >= 0.6 is 0 Å². The van der Waals surface area contributed by atoms with Crippen LogP contribution in [0.3, 0.4) is 0 Å². The minimum atomic E-state index is -0.240. The molecule has 2 N–H and O–H groups in total. The summed E-state index contributed by atoms with van der Waals surface area (Å²) in [5.74, 6) is 0.967. The van der Waals surface area contributed by atoms with Crippen LogP contribution in [0.2, 0.25) is 0 Å². The van der Waals surface area contributed by atoms with Gasteiger partial charge in [-0.2, -0.15) is 0 Å². The van der Waals surface area contributed by atoms with E-state index in [1.54, 1.807) is 31.4 Å². The highest BCUT2D eigenvalue weighted by Gasteiger charge is 2.10. The second-order valence-electron chi connectivity index (χ2n) is 5.29. The highest BCUT2D eigenvalue weighted by Crippen LogP contribution is 2.30. The Morgan fingerprint density at radius 1 is 1.26 bits per heavy atom. The molecule has 0 saturated heterocycles. The molecule has 0 saturated carbocycles. The average Bonchev–Trinajstić information content (AvgIpc) is 3.06. The van der Waals surface area contributed by atoms with E-state index in [9.17, 15) is 4.79 Å². The lowest BCUT2D eigenvalue weighted by atomic mass is 10.2. The molecule has 1 heterocycles. The summed E-state index contributed by atoms with van der Waals surface area (Å²) < 4.78 is 15.9. The summed E-state index contributed by atoms with van der Waals surface area (Å²) in [6, 6.07) is 7.29. The minimum Gasteiger partial charge on any atom is -0.493 e. The molecule has 6 nitrogen and oxygen atoms in total. The maximum absolute atomic E-state index is 12.0. The van der Waals surface area contributed by atoms with Crippen molar-refractivity contribution in [3.8, 4) is 11.5 Å². The van der Waals surface area contributed by atoms with Gasteiger partial charge in [0, 0.05) is 24.3 Å². The molecule has 0 aliphatic carbocycles. The third-order valence-corrected chi connectivity index (χ3v) is 3.12. The topological polar surface area (TPSA) is 72.7 Å². The Balaban J connectivity index is 1.97. The number of ether oxygens (including phenoxy) is 2. The quantitative estimate of drug-likeness (QED) is 0.732. The highest BCUT2D eigenvalue weighted by atomic mass is 16.5. The number of carbonyl (C=O) groups excluding carboxylic acids is 1. The molecule has 23 heavy (non-hydrogen) atoms. The standard InChI is InChI=1S/C17H22N2O4/c1-12(2)18-7-9-23-15-5-4-14(10-16(15)21-3)19-17(20)13-6-8-22-11-13/h4-6,8,10-12,18H,7,9H2,1-3H3,(H,19,20). The van der Waals surface area contributed by atoms with Gasteiger partial charge >= 0.3 is 0 Å². The van der Waals surface area contributed by atoms with E-state index in [1.807, 2.05) is 0 Å². The number of nitrogens with one attached hydrogen (secondary N) is 2. The lowest BCUT2D eigenvalue weighted by molar-refractivity contribution is 0.102. The fourth-order valence-corrected chi connectivity index (χ4v) is 1.97. The summed E-state index contributed by atoms with van der Waals surface area (Å²) >= 11 is 0. The summed E-state index contributed by atoms with van der Waals surface area (Å²) in [5, 5.41) is 6.06. The molecule has 0 spiro atoms. The second-order valence-corrected chi connectivity index (χ2v) is 5.29. The SMILES string of the molecule is COc1cc(NC(=O)c2ccoc2)ccc1OCCNC(C)C. The van der Waals surface area contributed by atoms with Gasteiger partial charge in [0.1, 0.15) is 12.9 Å². The van der Waals surface area contributed by atoms with Gasteiger partial charge in [0.25, 0.3) is 5.91 Å². The highest BCUT2D eigenvalue weighted by molar-refractivity contribution is 6.04. The maximum Gasteiger partial charge on any atom is 0.258 e. The van der Waals surface area contributed by atoms with Crippen LogP contribution < -0.4 is 20.1 Å². The fourth-order valence-electron chi connectivity index (χ4n) is 1.97. The molecule has 124 valence electrons. The summed E-state index contributed by atoms with van der Waals surface area (Å²) in [5.41, 5.74) is 1.09. The van der Waals surface area contributed by atoms with E-state index in [0.717, 1.165) is 6.54 Å². The molecule has 1 aromatic heterocycles. The normalized spacial score (nSPS) is 10.6. The smallest absolute Gasteiger partial charge is 0.258 e. The van der Waals surface area contributed by atoms with E-state index in [2.05, 4.69) is 24.5 Å². The van der Waals surface area contributed by atoms with Crippen molar-refractivity contribution in [3.63, 3.8) is 0 Å². The van der Waals surface area contributed by atoms with Crippen molar-refractivity contribution in [1.82, 2.24) is 5.32 Å². The monoisotopic (exact) mass is 318 g/mol. The van der Waals surface area contributed by atoms with Gasteiger partial charge in [-0.1, -0.05) is 13.8 Å². The number of hydrogen-bond acceptors (Lipinski definition) is 5. The molecule has 0 atom stereocenters. The lowest BCUT2D eigenvalue weighted by Crippen LogP contribution is -2.27. The van der Waals surface area contributed by atoms with Crippen LogP contribution in [0, 0.1) is 0 Å². The Labute approximate surface area is 135 Å². The molecular weight excluding hydrogens is 296 g/mol. The summed E-state index contributed by atoms with van der Waals surface area (Å²) in [6.07, 6.45) is 2.85. The number of anilines is 1.